The topological polar surface area (TPSA) is 59.0 Å². The zero-order chi connectivity index (χ0) is 22.8. The largest absolute Gasteiger partial charge is 0.489 e. The first-order valence-corrected chi connectivity index (χ1v) is 11.2. The number of fused-ring (bicyclic) bond motifs is 1. The Labute approximate surface area is 193 Å². The van der Waals surface area contributed by atoms with Crippen LogP contribution in [0.25, 0.3) is 17.2 Å². The molecular weight excluding hydrogens is 414 g/mol. The van der Waals surface area contributed by atoms with Gasteiger partial charge in [0.05, 0.1) is 5.92 Å². The van der Waals surface area contributed by atoms with Crippen LogP contribution in [0, 0.1) is 12.8 Å². The number of rotatable bonds is 7. The highest BCUT2D eigenvalue weighted by Gasteiger charge is 2.32. The van der Waals surface area contributed by atoms with Crippen LogP contribution in [-0.2, 0) is 11.4 Å². The molecule has 2 heterocycles. The van der Waals surface area contributed by atoms with E-state index in [4.69, 9.17) is 14.6 Å². The van der Waals surface area contributed by atoms with Crippen LogP contribution in [-0.4, -0.2) is 42.2 Å². The van der Waals surface area contributed by atoms with Crippen LogP contribution in [0.2, 0.25) is 0 Å². The van der Waals surface area contributed by atoms with Crippen molar-refractivity contribution in [2.24, 2.45) is 5.92 Å². The molecule has 3 aromatic rings. The summed E-state index contributed by atoms with van der Waals surface area (Å²) in [5.74, 6) is 0.649. The van der Waals surface area contributed by atoms with Crippen molar-refractivity contribution in [1.29, 1.82) is 0 Å². The van der Waals surface area contributed by atoms with Crippen molar-refractivity contribution in [2.75, 3.05) is 26.2 Å². The van der Waals surface area contributed by atoms with E-state index in [1.807, 2.05) is 24.3 Å². The maximum absolute atomic E-state index is 11.0. The van der Waals surface area contributed by atoms with Gasteiger partial charge < -0.3 is 14.6 Å². The van der Waals surface area contributed by atoms with Crippen LogP contribution in [0.5, 0.6) is 11.5 Å². The molecule has 168 valence electrons. The zero-order valence-corrected chi connectivity index (χ0v) is 18.7. The molecule has 5 rings (SSSR count). The molecule has 33 heavy (non-hydrogen) atoms. The number of hydrogen-bond acceptors (Lipinski definition) is 4. The first kappa shape index (κ1) is 21.3. The number of nitrogens with zero attached hydrogens (tertiary/aromatic N) is 1. The number of ether oxygens (including phenoxy) is 2. The van der Waals surface area contributed by atoms with Crippen molar-refractivity contribution in [1.82, 2.24) is 4.90 Å². The molecule has 0 unspecified atom stereocenters. The highest BCUT2D eigenvalue weighted by atomic mass is 16.5. The van der Waals surface area contributed by atoms with Gasteiger partial charge in [0.2, 0.25) is 0 Å². The summed E-state index contributed by atoms with van der Waals surface area (Å²) in [6, 6.07) is 22.8. The lowest BCUT2D eigenvalue weighted by molar-refractivity contribution is -0.147. The maximum Gasteiger partial charge on any atom is 0.309 e. The van der Waals surface area contributed by atoms with Gasteiger partial charge in [0.25, 0.3) is 0 Å². The Bertz CT molecular complexity index is 1200. The predicted octanol–water partition coefficient (Wildman–Crippen LogP) is 5.03. The number of carbonyl (C=O) groups is 1. The normalized spacial score (nSPS) is 15.7. The molecule has 3 aromatic carbocycles. The number of aryl methyl sites for hydroxylation is 1. The fourth-order valence-electron chi connectivity index (χ4n) is 4.37. The molecule has 1 N–H and O–H groups in total. The van der Waals surface area contributed by atoms with Crippen LogP contribution in [0.15, 0.2) is 72.3 Å². The molecule has 1 fully saturated rings. The zero-order valence-electron chi connectivity index (χ0n) is 18.7. The SMILES string of the molecule is Cc1ccc(COc2ccc3c(c2)OCC(CN2CC(C(=O)O)C2)=C3)cc1-c1ccccc1. The molecule has 2 aliphatic heterocycles. The molecule has 0 radical (unpaired) electrons. The fraction of sp³-hybridized carbons (Fsp3) is 0.250. The fourth-order valence-corrected chi connectivity index (χ4v) is 4.37. The average Bonchev–Trinajstić information content (AvgIpc) is 2.80. The van der Waals surface area contributed by atoms with Crippen molar-refractivity contribution in [3.63, 3.8) is 0 Å². The second-order valence-corrected chi connectivity index (χ2v) is 8.82. The van der Waals surface area contributed by atoms with E-state index in [0.717, 1.165) is 34.7 Å². The Morgan fingerprint density at radius 1 is 1.09 bits per heavy atom. The second-order valence-electron chi connectivity index (χ2n) is 8.82. The Morgan fingerprint density at radius 3 is 2.70 bits per heavy atom. The molecule has 0 spiro atoms. The molecule has 5 nitrogen and oxygen atoms in total. The Morgan fingerprint density at radius 2 is 1.91 bits per heavy atom. The van der Waals surface area contributed by atoms with Gasteiger partial charge in [0, 0.05) is 31.3 Å². The van der Waals surface area contributed by atoms with Crippen molar-refractivity contribution < 1.29 is 19.4 Å². The minimum atomic E-state index is -0.708. The number of hydrogen-bond donors (Lipinski definition) is 1. The molecule has 2 aliphatic rings. The van der Waals surface area contributed by atoms with E-state index in [1.165, 1.54) is 16.7 Å². The summed E-state index contributed by atoms with van der Waals surface area (Å²) in [4.78, 5) is 13.1. The minimum Gasteiger partial charge on any atom is -0.489 e. The monoisotopic (exact) mass is 441 g/mol. The van der Waals surface area contributed by atoms with Gasteiger partial charge in [-0.1, -0.05) is 42.5 Å². The highest BCUT2D eigenvalue weighted by Crippen LogP contribution is 2.32. The third kappa shape index (κ3) is 4.78. The molecular formula is C28H27NO4. The number of carboxylic acids is 1. The molecule has 0 amide bonds. The number of aliphatic carboxylic acids is 1. The first-order valence-electron chi connectivity index (χ1n) is 11.2. The Kier molecular flexibility index (Phi) is 5.88. The minimum absolute atomic E-state index is 0.237. The van der Waals surface area contributed by atoms with Crippen LogP contribution in [0.4, 0.5) is 0 Å². The standard InChI is InChI=1S/C28H27NO4/c1-19-7-8-20(12-26(19)22-5-3-2-4-6-22)17-32-25-10-9-23-11-21(18-33-27(23)13-25)14-29-15-24(16-29)28(30)31/h2-13,24H,14-18H2,1H3,(H,30,31). The molecule has 5 heteroatoms. The summed E-state index contributed by atoms with van der Waals surface area (Å²) in [6.45, 7) is 5.10. The lowest BCUT2D eigenvalue weighted by Gasteiger charge is -2.37. The van der Waals surface area contributed by atoms with Gasteiger partial charge in [-0.05, 0) is 59.0 Å². The number of likely N-dealkylation sites (tertiary alicyclic amines) is 1. The third-order valence-corrected chi connectivity index (χ3v) is 6.28. The summed E-state index contributed by atoms with van der Waals surface area (Å²) >= 11 is 0. The van der Waals surface area contributed by atoms with Crippen LogP contribution >= 0.6 is 0 Å². The average molecular weight is 442 g/mol. The second kappa shape index (κ2) is 9.12. The number of carboxylic acid groups (broad SMARTS) is 1. The lowest BCUT2D eigenvalue weighted by Crippen LogP contribution is -2.51. The summed E-state index contributed by atoms with van der Waals surface area (Å²) in [5.41, 5.74) is 6.98. The van der Waals surface area contributed by atoms with Crippen molar-refractivity contribution >= 4 is 12.0 Å². The van der Waals surface area contributed by atoms with Crippen molar-refractivity contribution in [3.8, 4) is 22.6 Å². The highest BCUT2D eigenvalue weighted by molar-refractivity contribution is 5.72. The summed E-state index contributed by atoms with van der Waals surface area (Å²) in [7, 11) is 0. The van der Waals surface area contributed by atoms with Crippen LogP contribution in [0.3, 0.4) is 0 Å². The van der Waals surface area contributed by atoms with E-state index >= 15 is 0 Å². The van der Waals surface area contributed by atoms with Gasteiger partial charge in [-0.3, -0.25) is 9.69 Å². The first-order chi connectivity index (χ1) is 16.0. The van der Waals surface area contributed by atoms with Gasteiger partial charge in [-0.25, -0.2) is 0 Å². The van der Waals surface area contributed by atoms with Gasteiger partial charge in [-0.2, -0.15) is 0 Å². The van der Waals surface area contributed by atoms with Gasteiger partial charge in [0.15, 0.2) is 0 Å². The van der Waals surface area contributed by atoms with E-state index < -0.39 is 5.97 Å². The molecule has 0 saturated carbocycles. The Hall–Kier alpha value is -3.57. The third-order valence-electron chi connectivity index (χ3n) is 6.28. The van der Waals surface area contributed by atoms with Crippen LogP contribution in [0.1, 0.15) is 16.7 Å². The molecule has 0 aromatic heterocycles. The quantitative estimate of drug-likeness (QED) is 0.557. The summed E-state index contributed by atoms with van der Waals surface area (Å²) in [6.07, 6.45) is 2.14. The van der Waals surface area contributed by atoms with Crippen LogP contribution < -0.4 is 9.47 Å². The molecule has 1 saturated heterocycles. The van der Waals surface area contributed by atoms with Crippen molar-refractivity contribution in [2.45, 2.75) is 13.5 Å². The maximum atomic E-state index is 11.0. The van der Waals surface area contributed by atoms with E-state index in [-0.39, 0.29) is 5.92 Å². The van der Waals surface area contributed by atoms with E-state index in [0.29, 0.717) is 26.3 Å². The van der Waals surface area contributed by atoms with E-state index in [1.54, 1.807) is 0 Å². The van der Waals surface area contributed by atoms with Gasteiger partial charge in [0.1, 0.15) is 24.7 Å². The predicted molar refractivity (Wildman–Crippen MR) is 128 cm³/mol. The molecule has 0 aliphatic carbocycles. The summed E-state index contributed by atoms with van der Waals surface area (Å²) < 4.78 is 12.1. The Balaban J connectivity index is 1.22. The van der Waals surface area contributed by atoms with E-state index in [9.17, 15) is 4.79 Å². The van der Waals surface area contributed by atoms with Gasteiger partial charge in [-0.15, -0.1) is 0 Å². The molecule has 0 bridgehead atoms. The van der Waals surface area contributed by atoms with Gasteiger partial charge >= 0.3 is 5.97 Å². The van der Waals surface area contributed by atoms with Crippen molar-refractivity contribution in [3.05, 3.63) is 89.0 Å². The summed E-state index contributed by atoms with van der Waals surface area (Å²) in [5, 5.41) is 9.03. The molecule has 0 atom stereocenters. The lowest BCUT2D eigenvalue weighted by atomic mass is 9.98. The van der Waals surface area contributed by atoms with E-state index in [2.05, 4.69) is 60.4 Å². The smallest absolute Gasteiger partial charge is 0.309 e. The number of benzene rings is 3.